The molecule has 6 heteroatoms. The lowest BCUT2D eigenvalue weighted by molar-refractivity contribution is 0.281. The highest BCUT2D eigenvalue weighted by atomic mass is 16.5. The van der Waals surface area contributed by atoms with Gasteiger partial charge >= 0.3 is 7.25 Å². The molecule has 11 heavy (non-hydrogen) atoms. The summed E-state index contributed by atoms with van der Waals surface area (Å²) < 4.78 is 4.82. The van der Waals surface area contributed by atoms with Gasteiger partial charge in [-0.15, -0.1) is 0 Å². The highest BCUT2D eigenvalue weighted by molar-refractivity contribution is 6.38. The second-order valence-electron chi connectivity index (χ2n) is 2.05. The van der Waals surface area contributed by atoms with Gasteiger partial charge in [0.1, 0.15) is 6.67 Å². The summed E-state index contributed by atoms with van der Waals surface area (Å²) in [6.45, 7) is 0.241. The molecule has 0 unspecified atom stereocenters. The zero-order chi connectivity index (χ0) is 8.27. The molecule has 0 fully saturated rings. The highest BCUT2D eigenvalue weighted by Gasteiger charge is 2.18. The quantitative estimate of drug-likeness (QED) is 0.492. The summed E-state index contributed by atoms with van der Waals surface area (Å²) in [5.41, 5.74) is 0. The van der Waals surface area contributed by atoms with E-state index in [0.29, 0.717) is 5.76 Å². The van der Waals surface area contributed by atoms with Crippen LogP contribution in [0.4, 0.5) is 0 Å². The molecule has 0 saturated heterocycles. The monoisotopic (exact) mass is 156 g/mol. The van der Waals surface area contributed by atoms with Gasteiger partial charge in [0.15, 0.2) is 5.76 Å². The molecule has 0 bridgehead atoms. The second kappa shape index (κ2) is 3.40. The van der Waals surface area contributed by atoms with E-state index in [1.807, 2.05) is 0 Å². The second-order valence-corrected chi connectivity index (χ2v) is 2.05. The molecule has 0 amide bonds. The molecule has 0 aromatic carbocycles. The van der Waals surface area contributed by atoms with Crippen LogP contribution < -0.4 is 0 Å². The number of hydrogen-bond acceptors (Lipinski definition) is 5. The molecular formula is C5H9BN2O3. The maximum absolute atomic E-state index is 8.70. The van der Waals surface area contributed by atoms with E-state index in [0.717, 1.165) is 0 Å². The van der Waals surface area contributed by atoms with Gasteiger partial charge in [0.05, 0.1) is 13.3 Å². The molecule has 0 aromatic heterocycles. The lowest BCUT2D eigenvalue weighted by atomic mass is 10.1. The molecule has 0 aromatic rings. The summed E-state index contributed by atoms with van der Waals surface area (Å²) in [5.74, 6) is 0.504. The molecule has 60 valence electrons. The van der Waals surface area contributed by atoms with E-state index >= 15 is 0 Å². The number of nitrogens with zero attached hydrogens (tertiary/aromatic N) is 2. The van der Waals surface area contributed by atoms with Gasteiger partial charge < -0.3 is 19.6 Å². The van der Waals surface area contributed by atoms with Gasteiger partial charge in [-0.25, -0.2) is 0 Å². The number of rotatable bonds is 2. The Balaban J connectivity index is 2.61. The summed E-state index contributed by atoms with van der Waals surface area (Å²) >= 11 is 0. The van der Waals surface area contributed by atoms with Crippen LogP contribution >= 0.6 is 0 Å². The Bertz CT molecular complexity index is 192. The molecular weight excluding hydrogens is 147 g/mol. The van der Waals surface area contributed by atoms with Crippen molar-refractivity contribution in [1.82, 2.24) is 4.81 Å². The van der Waals surface area contributed by atoms with E-state index in [-0.39, 0.29) is 6.67 Å². The van der Waals surface area contributed by atoms with Gasteiger partial charge in [0.25, 0.3) is 0 Å². The van der Waals surface area contributed by atoms with Crippen LogP contribution in [0.25, 0.3) is 0 Å². The molecule has 1 rings (SSSR count). The average molecular weight is 156 g/mol. The first kappa shape index (κ1) is 8.09. The molecule has 0 atom stereocenters. The van der Waals surface area contributed by atoms with Crippen LogP contribution in [0.1, 0.15) is 0 Å². The minimum Gasteiger partial charge on any atom is -0.494 e. The van der Waals surface area contributed by atoms with E-state index in [1.54, 1.807) is 0 Å². The van der Waals surface area contributed by atoms with E-state index in [1.165, 1.54) is 24.3 Å². The van der Waals surface area contributed by atoms with Crippen molar-refractivity contribution in [3.8, 4) is 0 Å². The van der Waals surface area contributed by atoms with Crippen LogP contribution in [0.3, 0.4) is 0 Å². The SMILES string of the molecule is COC1=CN(B(O)O)CN=C1. The van der Waals surface area contributed by atoms with Crippen LogP contribution in [0.5, 0.6) is 0 Å². The molecule has 0 saturated carbocycles. The Morgan fingerprint density at radius 2 is 2.45 bits per heavy atom. The highest BCUT2D eigenvalue weighted by Crippen LogP contribution is 2.03. The molecule has 1 aliphatic rings. The predicted octanol–water partition coefficient (Wildman–Crippen LogP) is -1.21. The van der Waals surface area contributed by atoms with Crippen molar-refractivity contribution in [2.45, 2.75) is 0 Å². The molecule has 0 aliphatic carbocycles. The summed E-state index contributed by atoms with van der Waals surface area (Å²) in [4.78, 5) is 5.05. The first-order valence-corrected chi connectivity index (χ1v) is 3.11. The summed E-state index contributed by atoms with van der Waals surface area (Å²) in [6.07, 6.45) is 3.01. The Morgan fingerprint density at radius 3 is 3.00 bits per heavy atom. The standard InChI is InChI=1S/C5H9BN2O3/c1-11-5-2-7-4-8(3-5)6(9)10/h2-3,9-10H,4H2,1H3. The van der Waals surface area contributed by atoms with Gasteiger partial charge in [0.2, 0.25) is 0 Å². The molecule has 2 N–H and O–H groups in total. The van der Waals surface area contributed by atoms with Crippen molar-refractivity contribution < 1.29 is 14.8 Å². The summed E-state index contributed by atoms with van der Waals surface area (Å²) in [5, 5.41) is 17.4. The third-order valence-corrected chi connectivity index (χ3v) is 1.29. The summed E-state index contributed by atoms with van der Waals surface area (Å²) in [7, 11) is -0.0249. The van der Waals surface area contributed by atoms with E-state index < -0.39 is 7.25 Å². The largest absolute Gasteiger partial charge is 0.588 e. The van der Waals surface area contributed by atoms with Crippen molar-refractivity contribution >= 4 is 13.5 Å². The fourth-order valence-corrected chi connectivity index (χ4v) is 0.708. The van der Waals surface area contributed by atoms with Gasteiger partial charge in [-0.3, -0.25) is 4.99 Å². The minimum absolute atomic E-state index is 0.241. The zero-order valence-corrected chi connectivity index (χ0v) is 6.14. The van der Waals surface area contributed by atoms with Crippen molar-refractivity contribution in [3.63, 3.8) is 0 Å². The van der Waals surface area contributed by atoms with Crippen molar-refractivity contribution in [1.29, 1.82) is 0 Å². The van der Waals surface area contributed by atoms with Crippen molar-refractivity contribution in [2.24, 2.45) is 4.99 Å². The van der Waals surface area contributed by atoms with Crippen LogP contribution in [0.2, 0.25) is 0 Å². The fraction of sp³-hybridized carbons (Fsp3) is 0.400. The number of hydrogen-bond donors (Lipinski definition) is 2. The summed E-state index contributed by atoms with van der Waals surface area (Å²) in [6, 6.07) is 0. The minimum atomic E-state index is -1.52. The predicted molar refractivity (Wildman–Crippen MR) is 40.5 cm³/mol. The Labute approximate surface area is 64.8 Å². The Kier molecular flexibility index (Phi) is 2.51. The third-order valence-electron chi connectivity index (χ3n) is 1.29. The lowest BCUT2D eigenvalue weighted by Crippen LogP contribution is -2.37. The third kappa shape index (κ3) is 1.96. The smallest absolute Gasteiger partial charge is 0.494 e. The number of methoxy groups -OCH3 is 1. The first-order valence-electron chi connectivity index (χ1n) is 3.11. The number of aliphatic imine (C=N–C) groups is 1. The van der Waals surface area contributed by atoms with E-state index in [2.05, 4.69) is 4.99 Å². The van der Waals surface area contributed by atoms with Crippen molar-refractivity contribution in [3.05, 3.63) is 12.0 Å². The molecule has 1 heterocycles. The van der Waals surface area contributed by atoms with Crippen molar-refractivity contribution in [2.75, 3.05) is 13.8 Å². The van der Waals surface area contributed by atoms with Gasteiger partial charge in [-0.05, 0) is 0 Å². The zero-order valence-electron chi connectivity index (χ0n) is 6.14. The lowest BCUT2D eigenvalue weighted by Gasteiger charge is -2.20. The Hall–Kier alpha value is -1.01. The van der Waals surface area contributed by atoms with Gasteiger partial charge in [-0.1, -0.05) is 0 Å². The van der Waals surface area contributed by atoms with E-state index in [4.69, 9.17) is 14.8 Å². The molecule has 0 spiro atoms. The fourth-order valence-electron chi connectivity index (χ4n) is 0.708. The normalized spacial score (nSPS) is 16.3. The van der Waals surface area contributed by atoms with Gasteiger partial charge in [-0.2, -0.15) is 0 Å². The number of ether oxygens (including phenoxy) is 1. The van der Waals surface area contributed by atoms with Crippen LogP contribution in [-0.2, 0) is 4.74 Å². The van der Waals surface area contributed by atoms with Crippen LogP contribution in [0, 0.1) is 0 Å². The molecule has 5 nitrogen and oxygen atoms in total. The number of allylic oxidation sites excluding steroid dienone is 1. The topological polar surface area (TPSA) is 65.3 Å². The Morgan fingerprint density at radius 1 is 1.73 bits per heavy atom. The maximum atomic E-state index is 8.70. The van der Waals surface area contributed by atoms with E-state index in [9.17, 15) is 0 Å². The average Bonchev–Trinajstić information content (AvgIpc) is 2.05. The van der Waals surface area contributed by atoms with Crippen LogP contribution in [-0.4, -0.2) is 42.1 Å². The molecule has 0 radical (unpaired) electrons. The molecule has 1 aliphatic heterocycles. The van der Waals surface area contributed by atoms with Gasteiger partial charge in [0, 0.05) is 6.20 Å². The van der Waals surface area contributed by atoms with Crippen LogP contribution in [0.15, 0.2) is 17.0 Å². The first-order chi connectivity index (χ1) is 5.24. The maximum Gasteiger partial charge on any atom is 0.588 e.